The van der Waals surface area contributed by atoms with Crippen molar-refractivity contribution in [3.05, 3.63) is 89.0 Å². The van der Waals surface area contributed by atoms with Crippen LogP contribution in [0.3, 0.4) is 0 Å². The van der Waals surface area contributed by atoms with Crippen LogP contribution >= 0.6 is 0 Å². The fourth-order valence-electron chi connectivity index (χ4n) is 4.19. The third-order valence-electron chi connectivity index (χ3n) is 5.80. The third kappa shape index (κ3) is 4.76. The molecule has 6 nitrogen and oxygen atoms in total. The van der Waals surface area contributed by atoms with Crippen LogP contribution < -0.4 is 4.74 Å². The number of fused-ring (bicyclic) bond motifs is 1. The molecule has 0 atom stereocenters. The number of ketones is 2. The quantitative estimate of drug-likeness (QED) is 0.326. The van der Waals surface area contributed by atoms with Crippen molar-refractivity contribution in [1.29, 1.82) is 0 Å². The molecule has 0 radical (unpaired) electrons. The van der Waals surface area contributed by atoms with Crippen molar-refractivity contribution in [1.82, 2.24) is 14.5 Å². The molecule has 0 bridgehead atoms. The van der Waals surface area contributed by atoms with Crippen molar-refractivity contribution in [3.8, 4) is 5.75 Å². The first kappa shape index (κ1) is 23.4. The molecule has 4 aromatic rings. The van der Waals surface area contributed by atoms with Crippen LogP contribution in [0.4, 0.5) is 0 Å². The number of benzene rings is 1. The molecule has 3 heterocycles. The van der Waals surface area contributed by atoms with Gasteiger partial charge in [0.15, 0.2) is 17.3 Å². The standard InChI is InChI=1S/C28H29N3O3/c1-5-23-21(17-24(32)20-9-7-6-8-10-20)16-22-27(34-18(2)3)26(31(4)28(22)30-23)25(33)15-19-11-13-29-14-12-19/h6-14,16,18H,5,15,17H2,1-4H3. The average Bonchev–Trinajstić information content (AvgIpc) is 3.09. The monoisotopic (exact) mass is 455 g/mol. The van der Waals surface area contributed by atoms with Gasteiger partial charge in [0, 0.05) is 43.5 Å². The number of aryl methyl sites for hydroxylation is 2. The molecule has 1 aromatic carbocycles. The molecule has 0 aliphatic heterocycles. The molecule has 0 aliphatic carbocycles. The number of carbonyl (C=O) groups excluding carboxylic acids is 2. The predicted octanol–water partition coefficient (Wildman–Crippen LogP) is 5.17. The molecule has 3 aromatic heterocycles. The first-order chi connectivity index (χ1) is 16.4. The number of pyridine rings is 2. The molecule has 6 heteroatoms. The largest absolute Gasteiger partial charge is 0.488 e. The minimum absolute atomic E-state index is 0.0349. The highest BCUT2D eigenvalue weighted by molar-refractivity contribution is 6.05. The van der Waals surface area contributed by atoms with E-state index in [4.69, 9.17) is 9.72 Å². The van der Waals surface area contributed by atoms with Gasteiger partial charge in [-0.05, 0) is 49.6 Å². The summed E-state index contributed by atoms with van der Waals surface area (Å²) >= 11 is 0. The number of ether oxygens (including phenoxy) is 1. The second-order valence-corrected chi connectivity index (χ2v) is 8.64. The van der Waals surface area contributed by atoms with Crippen molar-refractivity contribution >= 4 is 22.6 Å². The Bertz CT molecular complexity index is 1330. The number of nitrogens with zero attached hydrogens (tertiary/aromatic N) is 3. The lowest BCUT2D eigenvalue weighted by Crippen LogP contribution is -2.13. The summed E-state index contributed by atoms with van der Waals surface area (Å²) in [6.07, 6.45) is 4.40. The average molecular weight is 456 g/mol. The summed E-state index contributed by atoms with van der Waals surface area (Å²) in [6.45, 7) is 5.89. The summed E-state index contributed by atoms with van der Waals surface area (Å²) in [6, 6.07) is 14.9. The van der Waals surface area contributed by atoms with Crippen molar-refractivity contribution in [2.24, 2.45) is 7.05 Å². The van der Waals surface area contributed by atoms with Gasteiger partial charge in [-0.1, -0.05) is 37.3 Å². The van der Waals surface area contributed by atoms with Crippen LogP contribution in [0, 0.1) is 0 Å². The Morgan fingerprint density at radius 3 is 2.35 bits per heavy atom. The Morgan fingerprint density at radius 2 is 1.71 bits per heavy atom. The Balaban J connectivity index is 1.81. The molecule has 34 heavy (non-hydrogen) atoms. The maximum absolute atomic E-state index is 13.4. The first-order valence-electron chi connectivity index (χ1n) is 11.6. The zero-order valence-corrected chi connectivity index (χ0v) is 20.0. The summed E-state index contributed by atoms with van der Waals surface area (Å²) in [5.41, 5.74) is 4.43. The van der Waals surface area contributed by atoms with E-state index in [0.717, 1.165) is 22.2 Å². The summed E-state index contributed by atoms with van der Waals surface area (Å²) in [7, 11) is 1.84. The van der Waals surface area contributed by atoms with E-state index in [-0.39, 0.29) is 30.5 Å². The summed E-state index contributed by atoms with van der Waals surface area (Å²) < 4.78 is 8.00. The molecule has 0 N–H and O–H groups in total. The van der Waals surface area contributed by atoms with E-state index < -0.39 is 0 Å². The van der Waals surface area contributed by atoms with Gasteiger partial charge < -0.3 is 9.30 Å². The van der Waals surface area contributed by atoms with E-state index in [1.165, 1.54) is 0 Å². The third-order valence-corrected chi connectivity index (χ3v) is 5.80. The SMILES string of the molecule is CCc1nc2c(cc1CC(=O)c1ccccc1)c(OC(C)C)c(C(=O)Cc1ccncc1)n2C. The zero-order valence-electron chi connectivity index (χ0n) is 20.0. The number of carbonyl (C=O) groups is 2. The Kier molecular flexibility index (Phi) is 6.87. The minimum atomic E-state index is -0.127. The molecule has 0 saturated carbocycles. The first-order valence-corrected chi connectivity index (χ1v) is 11.6. The lowest BCUT2D eigenvalue weighted by Gasteiger charge is -2.12. The number of aromatic nitrogens is 3. The molecule has 0 saturated heterocycles. The molecule has 0 amide bonds. The van der Waals surface area contributed by atoms with Gasteiger partial charge in [0.2, 0.25) is 0 Å². The van der Waals surface area contributed by atoms with Crippen LogP contribution in [-0.2, 0) is 26.3 Å². The van der Waals surface area contributed by atoms with Gasteiger partial charge in [-0.25, -0.2) is 4.98 Å². The van der Waals surface area contributed by atoms with Gasteiger partial charge in [0.05, 0.1) is 11.5 Å². The molecule has 4 rings (SSSR count). The minimum Gasteiger partial charge on any atom is -0.488 e. The van der Waals surface area contributed by atoms with E-state index in [1.807, 2.05) is 80.9 Å². The van der Waals surface area contributed by atoms with Gasteiger partial charge in [0.1, 0.15) is 11.3 Å². The molecule has 174 valence electrons. The van der Waals surface area contributed by atoms with Gasteiger partial charge >= 0.3 is 0 Å². The van der Waals surface area contributed by atoms with Crippen molar-refractivity contribution in [2.45, 2.75) is 46.1 Å². The Labute approximate surface area is 199 Å². The van der Waals surface area contributed by atoms with Crippen LogP contribution in [0.1, 0.15) is 58.4 Å². The highest BCUT2D eigenvalue weighted by Gasteiger charge is 2.26. The van der Waals surface area contributed by atoms with Crippen LogP contribution in [-0.4, -0.2) is 32.2 Å². The second-order valence-electron chi connectivity index (χ2n) is 8.64. The maximum atomic E-state index is 13.4. The summed E-state index contributed by atoms with van der Waals surface area (Å²) in [5, 5.41) is 0.752. The Morgan fingerprint density at radius 1 is 1.00 bits per heavy atom. The fourth-order valence-corrected chi connectivity index (χ4v) is 4.19. The number of hydrogen-bond donors (Lipinski definition) is 0. The predicted molar refractivity (Wildman–Crippen MR) is 133 cm³/mol. The van der Waals surface area contributed by atoms with Crippen LogP contribution in [0.2, 0.25) is 0 Å². The van der Waals surface area contributed by atoms with Crippen molar-refractivity contribution < 1.29 is 14.3 Å². The smallest absolute Gasteiger partial charge is 0.187 e. The van der Waals surface area contributed by atoms with Crippen LogP contribution in [0.25, 0.3) is 11.0 Å². The van der Waals surface area contributed by atoms with E-state index in [9.17, 15) is 9.59 Å². The highest BCUT2D eigenvalue weighted by atomic mass is 16.5. The Hall–Kier alpha value is -3.80. The highest BCUT2D eigenvalue weighted by Crippen LogP contribution is 2.35. The van der Waals surface area contributed by atoms with Crippen molar-refractivity contribution in [2.75, 3.05) is 0 Å². The summed E-state index contributed by atoms with van der Waals surface area (Å²) in [5.74, 6) is 0.505. The van der Waals surface area contributed by atoms with E-state index in [1.54, 1.807) is 12.4 Å². The van der Waals surface area contributed by atoms with Gasteiger partial charge in [-0.2, -0.15) is 0 Å². The topological polar surface area (TPSA) is 74.1 Å². The molecule has 0 aliphatic rings. The molecule has 0 unspecified atom stereocenters. The molecular formula is C28H29N3O3. The van der Waals surface area contributed by atoms with Gasteiger partial charge in [-0.3, -0.25) is 14.6 Å². The van der Waals surface area contributed by atoms with Crippen LogP contribution in [0.5, 0.6) is 5.75 Å². The van der Waals surface area contributed by atoms with E-state index >= 15 is 0 Å². The normalized spacial score (nSPS) is 11.2. The number of hydrogen-bond acceptors (Lipinski definition) is 5. The maximum Gasteiger partial charge on any atom is 0.187 e. The molecule has 0 spiro atoms. The summed E-state index contributed by atoms with van der Waals surface area (Å²) in [4.78, 5) is 35.3. The van der Waals surface area contributed by atoms with Gasteiger partial charge in [0.25, 0.3) is 0 Å². The molecule has 0 fully saturated rings. The van der Waals surface area contributed by atoms with Crippen LogP contribution in [0.15, 0.2) is 60.9 Å². The van der Waals surface area contributed by atoms with Crippen molar-refractivity contribution in [3.63, 3.8) is 0 Å². The van der Waals surface area contributed by atoms with E-state index in [2.05, 4.69) is 4.98 Å². The van der Waals surface area contributed by atoms with E-state index in [0.29, 0.717) is 29.1 Å². The lowest BCUT2D eigenvalue weighted by molar-refractivity contribution is 0.0975. The zero-order chi connectivity index (χ0) is 24.2. The number of Topliss-reactive ketones (excluding diaryl/α,β-unsaturated/α-hetero) is 2. The lowest BCUT2D eigenvalue weighted by atomic mass is 10.00. The number of rotatable bonds is 9. The molecular weight excluding hydrogens is 426 g/mol. The fraction of sp³-hybridized carbons (Fsp3) is 0.286. The van der Waals surface area contributed by atoms with Gasteiger partial charge in [-0.15, -0.1) is 0 Å². The second kappa shape index (κ2) is 10.00.